The third kappa shape index (κ3) is 4.62. The van der Waals surface area contributed by atoms with Gasteiger partial charge in [-0.25, -0.2) is 0 Å². The fraction of sp³-hybridized carbons (Fsp3) is 0.294. The van der Waals surface area contributed by atoms with Crippen LogP contribution in [0.3, 0.4) is 0 Å². The van der Waals surface area contributed by atoms with Crippen molar-refractivity contribution in [3.05, 3.63) is 69.2 Å². The van der Waals surface area contributed by atoms with Crippen LogP contribution in [0.15, 0.2) is 53.0 Å². The molecule has 1 nitrogen and oxygen atoms in total. The van der Waals surface area contributed by atoms with Crippen LogP contribution < -0.4 is 5.32 Å². The fourth-order valence-electron chi connectivity index (χ4n) is 2.33. The Morgan fingerprint density at radius 3 is 2.45 bits per heavy atom. The van der Waals surface area contributed by atoms with Gasteiger partial charge in [0, 0.05) is 21.6 Å². The number of halogens is 2. The number of rotatable bonds is 5. The third-order valence-corrected chi connectivity index (χ3v) is 4.10. The highest BCUT2D eigenvalue weighted by Gasteiger charge is 2.10. The first-order valence-corrected chi connectivity index (χ1v) is 7.97. The Morgan fingerprint density at radius 1 is 1.10 bits per heavy atom. The number of hydrogen-bond acceptors (Lipinski definition) is 1. The zero-order chi connectivity index (χ0) is 14.5. The number of nitrogens with one attached hydrogen (secondary N) is 1. The first-order valence-electron chi connectivity index (χ1n) is 6.80. The minimum absolute atomic E-state index is 0.291. The van der Waals surface area contributed by atoms with Gasteiger partial charge in [0.25, 0.3) is 0 Å². The van der Waals surface area contributed by atoms with E-state index in [-0.39, 0.29) is 0 Å². The van der Waals surface area contributed by atoms with Crippen LogP contribution in [0, 0.1) is 0 Å². The summed E-state index contributed by atoms with van der Waals surface area (Å²) >= 11 is 9.50. The molecule has 0 aliphatic rings. The monoisotopic (exact) mass is 351 g/mol. The average molecular weight is 353 g/mol. The van der Waals surface area contributed by atoms with E-state index >= 15 is 0 Å². The minimum atomic E-state index is 0.291. The molecule has 2 rings (SSSR count). The van der Waals surface area contributed by atoms with Crippen LogP contribution in [0.25, 0.3) is 0 Å². The van der Waals surface area contributed by atoms with Gasteiger partial charge < -0.3 is 5.32 Å². The average Bonchev–Trinajstić information content (AvgIpc) is 2.41. The Morgan fingerprint density at radius 2 is 1.80 bits per heavy atom. The van der Waals surface area contributed by atoms with Gasteiger partial charge in [0.15, 0.2) is 0 Å². The quantitative estimate of drug-likeness (QED) is 0.761. The molecule has 0 aliphatic carbocycles. The molecule has 2 aromatic rings. The summed E-state index contributed by atoms with van der Waals surface area (Å²) < 4.78 is 1.12. The van der Waals surface area contributed by atoms with Gasteiger partial charge in [0.1, 0.15) is 0 Å². The molecular weight excluding hydrogens is 334 g/mol. The van der Waals surface area contributed by atoms with E-state index in [4.69, 9.17) is 11.6 Å². The second-order valence-corrected chi connectivity index (χ2v) is 6.53. The van der Waals surface area contributed by atoms with Crippen molar-refractivity contribution in [3.8, 4) is 0 Å². The summed E-state index contributed by atoms with van der Waals surface area (Å²) in [7, 11) is 0. The van der Waals surface area contributed by atoms with Crippen LogP contribution in [0.2, 0.25) is 5.02 Å². The molecule has 0 heterocycles. The zero-order valence-corrected chi connectivity index (χ0v) is 14.1. The molecule has 2 aromatic carbocycles. The van der Waals surface area contributed by atoms with Crippen LogP contribution in [-0.2, 0) is 6.42 Å². The summed E-state index contributed by atoms with van der Waals surface area (Å²) in [6, 6.07) is 17.2. The topological polar surface area (TPSA) is 12.0 Å². The number of hydrogen-bond donors (Lipinski definition) is 1. The molecule has 0 aliphatic heterocycles. The van der Waals surface area contributed by atoms with Gasteiger partial charge in [-0.3, -0.25) is 0 Å². The molecule has 20 heavy (non-hydrogen) atoms. The minimum Gasteiger partial charge on any atom is -0.307 e. The maximum Gasteiger partial charge on any atom is 0.0409 e. The van der Waals surface area contributed by atoms with E-state index in [1.54, 1.807) is 0 Å². The third-order valence-electron chi connectivity index (χ3n) is 3.34. The van der Waals surface area contributed by atoms with Crippen LogP contribution in [0.5, 0.6) is 0 Å². The smallest absolute Gasteiger partial charge is 0.0409 e. The zero-order valence-electron chi connectivity index (χ0n) is 11.7. The van der Waals surface area contributed by atoms with Gasteiger partial charge >= 0.3 is 0 Å². The molecule has 0 fully saturated rings. The van der Waals surface area contributed by atoms with Crippen LogP contribution in [0.1, 0.15) is 31.0 Å². The molecule has 0 saturated carbocycles. The van der Waals surface area contributed by atoms with Crippen molar-refractivity contribution in [2.24, 2.45) is 0 Å². The highest BCUT2D eigenvalue weighted by molar-refractivity contribution is 9.10. The van der Waals surface area contributed by atoms with Crippen molar-refractivity contribution in [2.45, 2.75) is 32.4 Å². The first-order chi connectivity index (χ1) is 9.54. The lowest BCUT2D eigenvalue weighted by molar-refractivity contribution is 0.477. The summed E-state index contributed by atoms with van der Waals surface area (Å²) in [4.78, 5) is 0. The predicted molar refractivity (Wildman–Crippen MR) is 90.3 cm³/mol. The van der Waals surface area contributed by atoms with E-state index in [9.17, 15) is 0 Å². The van der Waals surface area contributed by atoms with E-state index < -0.39 is 0 Å². The van der Waals surface area contributed by atoms with E-state index in [1.165, 1.54) is 11.1 Å². The predicted octanol–water partition coefficient (Wildman–Crippen LogP) is 5.38. The summed E-state index contributed by atoms with van der Waals surface area (Å²) in [6.07, 6.45) is 1.01. The summed E-state index contributed by atoms with van der Waals surface area (Å²) in [5.41, 5.74) is 2.56. The largest absolute Gasteiger partial charge is 0.307 e. The molecule has 0 radical (unpaired) electrons. The molecule has 0 spiro atoms. The molecular formula is C17H19BrClN. The lowest BCUT2D eigenvalue weighted by Gasteiger charge is -2.20. The van der Waals surface area contributed by atoms with E-state index in [2.05, 4.69) is 65.4 Å². The molecule has 3 heteroatoms. The van der Waals surface area contributed by atoms with Crippen molar-refractivity contribution >= 4 is 27.5 Å². The van der Waals surface area contributed by atoms with Gasteiger partial charge in [-0.05, 0) is 55.7 Å². The Balaban J connectivity index is 1.93. The van der Waals surface area contributed by atoms with E-state index in [0.29, 0.717) is 12.1 Å². The normalized spacial score (nSPS) is 14.0. The second-order valence-electron chi connectivity index (χ2n) is 5.17. The van der Waals surface area contributed by atoms with E-state index in [1.807, 2.05) is 18.2 Å². The van der Waals surface area contributed by atoms with Crippen molar-refractivity contribution in [1.29, 1.82) is 0 Å². The molecule has 1 unspecified atom stereocenters. The van der Waals surface area contributed by atoms with Gasteiger partial charge in [-0.15, -0.1) is 0 Å². The highest BCUT2D eigenvalue weighted by Crippen LogP contribution is 2.18. The fourth-order valence-corrected chi connectivity index (χ4v) is 2.79. The lowest BCUT2D eigenvalue weighted by Crippen LogP contribution is -2.30. The van der Waals surface area contributed by atoms with Crippen molar-refractivity contribution in [3.63, 3.8) is 0 Å². The molecule has 106 valence electrons. The maximum atomic E-state index is 6.04. The van der Waals surface area contributed by atoms with Gasteiger partial charge in [0.05, 0.1) is 0 Å². The first kappa shape index (κ1) is 15.6. The number of benzene rings is 2. The highest BCUT2D eigenvalue weighted by atomic mass is 79.9. The van der Waals surface area contributed by atoms with Crippen LogP contribution >= 0.6 is 27.5 Å². The molecule has 0 bridgehead atoms. The summed E-state index contributed by atoms with van der Waals surface area (Å²) in [5.74, 6) is 0. The molecule has 0 saturated heterocycles. The van der Waals surface area contributed by atoms with Gasteiger partial charge in [-0.2, -0.15) is 0 Å². The van der Waals surface area contributed by atoms with Crippen LogP contribution in [-0.4, -0.2) is 6.04 Å². The Bertz CT molecular complexity index is 553. The summed E-state index contributed by atoms with van der Waals surface area (Å²) in [5, 5.41) is 4.40. The Kier molecular flexibility index (Phi) is 5.64. The summed E-state index contributed by atoms with van der Waals surface area (Å²) in [6.45, 7) is 4.38. The van der Waals surface area contributed by atoms with Gasteiger partial charge in [-0.1, -0.05) is 51.8 Å². The Hall–Kier alpha value is -0.830. The maximum absolute atomic E-state index is 6.04. The lowest BCUT2D eigenvalue weighted by atomic mass is 10.0. The van der Waals surface area contributed by atoms with E-state index in [0.717, 1.165) is 15.9 Å². The molecule has 0 amide bonds. The SMILES string of the molecule is CC(Cc1ccc(Br)cc1)N[C@@H](C)c1cccc(Cl)c1. The van der Waals surface area contributed by atoms with Crippen LogP contribution in [0.4, 0.5) is 0 Å². The standard InChI is InChI=1S/C17H19BrClN/c1-12(10-14-6-8-16(18)9-7-14)20-13(2)15-4-3-5-17(19)11-15/h3-9,11-13,20H,10H2,1-2H3/t12?,13-/m0/s1. The second kappa shape index (κ2) is 7.26. The van der Waals surface area contributed by atoms with Crippen molar-refractivity contribution in [2.75, 3.05) is 0 Å². The Labute approximate surface area is 134 Å². The van der Waals surface area contributed by atoms with Crippen molar-refractivity contribution in [1.82, 2.24) is 5.32 Å². The molecule has 2 atom stereocenters. The van der Waals surface area contributed by atoms with Crippen molar-refractivity contribution < 1.29 is 0 Å². The molecule has 0 aromatic heterocycles. The molecule has 1 N–H and O–H groups in total. The van der Waals surface area contributed by atoms with Gasteiger partial charge in [0.2, 0.25) is 0 Å².